The summed E-state index contributed by atoms with van der Waals surface area (Å²) >= 11 is 0. The molecule has 100 valence electrons. The third-order valence-electron chi connectivity index (χ3n) is 3.64. The number of nitrogens with zero attached hydrogens (tertiary/aromatic N) is 2. The number of nitrogens with one attached hydrogen (secondary N) is 1. The Morgan fingerprint density at radius 1 is 1.42 bits per heavy atom. The van der Waals surface area contributed by atoms with E-state index in [1.54, 1.807) is 16.8 Å². The molecule has 1 atom stereocenters. The van der Waals surface area contributed by atoms with Crippen molar-refractivity contribution in [2.24, 2.45) is 0 Å². The number of urea groups is 1. The van der Waals surface area contributed by atoms with Gasteiger partial charge in [-0.3, -0.25) is 4.98 Å². The molecule has 1 aromatic carbocycles. The third-order valence-corrected chi connectivity index (χ3v) is 3.64. The highest BCUT2D eigenvalue weighted by atomic mass is 16.4. The monoisotopic (exact) mass is 261 g/mol. The smallest absolute Gasteiger partial charge is 0.408 e. The number of aromatic nitrogens is 1. The molecule has 1 N–H and O–H groups in total. The van der Waals surface area contributed by atoms with Crippen LogP contribution < -0.4 is 5.76 Å². The average Bonchev–Trinajstić information content (AvgIpc) is 2.90. The molecule has 3 rings (SSSR count). The molecule has 0 radical (unpaired) electrons. The van der Waals surface area contributed by atoms with Crippen LogP contribution in [-0.2, 0) is 0 Å². The van der Waals surface area contributed by atoms with Crippen LogP contribution in [-0.4, -0.2) is 41.0 Å². The van der Waals surface area contributed by atoms with Gasteiger partial charge in [0.1, 0.15) is 0 Å². The summed E-state index contributed by atoms with van der Waals surface area (Å²) in [5, 5.41) is 0. The van der Waals surface area contributed by atoms with Gasteiger partial charge >= 0.3 is 11.8 Å². The van der Waals surface area contributed by atoms with E-state index in [-0.39, 0.29) is 12.1 Å². The largest absolute Gasteiger partial charge is 0.417 e. The summed E-state index contributed by atoms with van der Waals surface area (Å²) in [6.07, 6.45) is 0. The fourth-order valence-electron chi connectivity index (χ4n) is 2.53. The first-order valence-electron chi connectivity index (χ1n) is 6.24. The van der Waals surface area contributed by atoms with Gasteiger partial charge in [-0.15, -0.1) is 0 Å². The number of H-pyrrole nitrogens is 1. The number of aromatic amines is 1. The SMILES string of the molecule is CCN1CC(c2ccc3[nH]c(=O)oc3c2)N(C)C1=O. The summed E-state index contributed by atoms with van der Waals surface area (Å²) in [5.41, 5.74) is 2.17. The van der Waals surface area contributed by atoms with Crippen molar-refractivity contribution in [1.29, 1.82) is 0 Å². The van der Waals surface area contributed by atoms with Gasteiger partial charge in [-0.25, -0.2) is 9.59 Å². The Bertz CT molecular complexity index is 688. The van der Waals surface area contributed by atoms with Crippen molar-refractivity contribution in [1.82, 2.24) is 14.8 Å². The lowest BCUT2D eigenvalue weighted by Gasteiger charge is -2.17. The van der Waals surface area contributed by atoms with E-state index in [2.05, 4.69) is 4.98 Å². The standard InChI is InChI=1S/C13H15N3O3/c1-3-16-7-10(15(2)13(16)18)8-4-5-9-11(6-8)19-12(17)14-9/h4-6,10H,3,7H2,1-2H3,(H,14,17). The van der Waals surface area contributed by atoms with Crippen LogP contribution in [0.5, 0.6) is 0 Å². The summed E-state index contributed by atoms with van der Waals surface area (Å²) in [6, 6.07) is 5.57. The lowest BCUT2D eigenvalue weighted by atomic mass is 10.1. The lowest BCUT2D eigenvalue weighted by Crippen LogP contribution is -2.29. The zero-order chi connectivity index (χ0) is 13.6. The minimum atomic E-state index is -0.460. The third kappa shape index (κ3) is 1.80. The number of hydrogen-bond acceptors (Lipinski definition) is 3. The molecule has 1 unspecified atom stereocenters. The molecule has 1 aliphatic rings. The van der Waals surface area contributed by atoms with E-state index < -0.39 is 5.76 Å². The molecule has 0 spiro atoms. The Kier molecular flexibility index (Phi) is 2.58. The van der Waals surface area contributed by atoms with Crippen LogP contribution in [0.25, 0.3) is 11.1 Å². The maximum absolute atomic E-state index is 12.0. The van der Waals surface area contributed by atoms with Gasteiger partial charge in [0.15, 0.2) is 5.58 Å². The van der Waals surface area contributed by atoms with Crippen LogP contribution in [0.4, 0.5) is 4.79 Å². The van der Waals surface area contributed by atoms with Crippen molar-refractivity contribution in [3.63, 3.8) is 0 Å². The highest BCUT2D eigenvalue weighted by Crippen LogP contribution is 2.29. The second kappa shape index (κ2) is 4.15. The number of carbonyl (C=O) groups is 1. The molecular weight excluding hydrogens is 246 g/mol. The van der Waals surface area contributed by atoms with Crippen molar-refractivity contribution in [3.05, 3.63) is 34.3 Å². The number of benzene rings is 1. The maximum Gasteiger partial charge on any atom is 0.417 e. The predicted molar refractivity (Wildman–Crippen MR) is 70.0 cm³/mol. The Morgan fingerprint density at radius 3 is 2.89 bits per heavy atom. The van der Waals surface area contributed by atoms with E-state index in [1.165, 1.54) is 0 Å². The molecule has 0 aliphatic carbocycles. The van der Waals surface area contributed by atoms with Gasteiger partial charge in [-0.1, -0.05) is 6.07 Å². The van der Waals surface area contributed by atoms with Gasteiger partial charge in [0.2, 0.25) is 0 Å². The predicted octanol–water partition coefficient (Wildman–Crippen LogP) is 1.55. The number of fused-ring (bicyclic) bond motifs is 1. The zero-order valence-electron chi connectivity index (χ0n) is 10.8. The second-order valence-electron chi connectivity index (χ2n) is 4.72. The van der Waals surface area contributed by atoms with Crippen LogP contribution in [0.3, 0.4) is 0 Å². The number of hydrogen-bond donors (Lipinski definition) is 1. The number of oxazole rings is 1. The van der Waals surface area contributed by atoms with Crippen molar-refractivity contribution < 1.29 is 9.21 Å². The second-order valence-corrected chi connectivity index (χ2v) is 4.72. The molecule has 1 aliphatic heterocycles. The van der Waals surface area contributed by atoms with E-state index in [9.17, 15) is 9.59 Å². The van der Waals surface area contributed by atoms with Crippen molar-refractivity contribution in [2.75, 3.05) is 20.1 Å². The topological polar surface area (TPSA) is 69.6 Å². The summed E-state index contributed by atoms with van der Waals surface area (Å²) in [7, 11) is 1.79. The number of likely N-dealkylation sites (N-methyl/N-ethyl adjacent to an activating group) is 2. The summed E-state index contributed by atoms with van der Waals surface area (Å²) in [5.74, 6) is -0.460. The van der Waals surface area contributed by atoms with Crippen LogP contribution in [0, 0.1) is 0 Å². The molecule has 2 heterocycles. The Labute approximate surface area is 109 Å². The van der Waals surface area contributed by atoms with Crippen LogP contribution in [0.1, 0.15) is 18.5 Å². The van der Waals surface area contributed by atoms with E-state index in [0.717, 1.165) is 5.56 Å². The van der Waals surface area contributed by atoms with E-state index in [0.29, 0.717) is 24.2 Å². The Hall–Kier alpha value is -2.24. The fourth-order valence-corrected chi connectivity index (χ4v) is 2.53. The molecule has 1 fully saturated rings. The Balaban J connectivity index is 2.00. The molecular formula is C13H15N3O3. The molecule has 2 aromatic rings. The molecule has 1 aromatic heterocycles. The molecule has 2 amide bonds. The van der Waals surface area contributed by atoms with Crippen molar-refractivity contribution >= 4 is 17.1 Å². The Morgan fingerprint density at radius 2 is 2.21 bits per heavy atom. The summed E-state index contributed by atoms with van der Waals surface area (Å²) in [4.78, 5) is 29.2. The number of carbonyl (C=O) groups excluding carboxylic acids is 1. The summed E-state index contributed by atoms with van der Waals surface area (Å²) in [6.45, 7) is 3.32. The zero-order valence-corrected chi connectivity index (χ0v) is 10.8. The number of rotatable bonds is 2. The first-order chi connectivity index (χ1) is 9.10. The minimum absolute atomic E-state index is 0.00273. The van der Waals surface area contributed by atoms with Crippen LogP contribution in [0.2, 0.25) is 0 Å². The first-order valence-corrected chi connectivity index (χ1v) is 6.24. The molecule has 6 nitrogen and oxygen atoms in total. The van der Waals surface area contributed by atoms with Gasteiger partial charge in [0.05, 0.1) is 11.6 Å². The lowest BCUT2D eigenvalue weighted by molar-refractivity contribution is 0.197. The van der Waals surface area contributed by atoms with Gasteiger partial charge in [0.25, 0.3) is 0 Å². The van der Waals surface area contributed by atoms with Gasteiger partial charge in [-0.2, -0.15) is 0 Å². The molecule has 1 saturated heterocycles. The van der Waals surface area contributed by atoms with Gasteiger partial charge in [0, 0.05) is 20.1 Å². The quantitative estimate of drug-likeness (QED) is 0.891. The van der Waals surface area contributed by atoms with E-state index in [4.69, 9.17) is 4.42 Å². The normalized spacial score (nSPS) is 19.7. The highest BCUT2D eigenvalue weighted by molar-refractivity contribution is 5.78. The van der Waals surface area contributed by atoms with Crippen molar-refractivity contribution in [2.45, 2.75) is 13.0 Å². The first kappa shape index (κ1) is 11.8. The molecule has 6 heteroatoms. The van der Waals surface area contributed by atoms with Gasteiger partial charge < -0.3 is 14.2 Å². The van der Waals surface area contributed by atoms with Gasteiger partial charge in [-0.05, 0) is 24.6 Å². The molecule has 0 saturated carbocycles. The average molecular weight is 261 g/mol. The minimum Gasteiger partial charge on any atom is -0.408 e. The summed E-state index contributed by atoms with van der Waals surface area (Å²) < 4.78 is 5.06. The van der Waals surface area contributed by atoms with E-state index >= 15 is 0 Å². The molecule has 19 heavy (non-hydrogen) atoms. The molecule has 0 bridgehead atoms. The van der Waals surface area contributed by atoms with Crippen LogP contribution in [0.15, 0.2) is 27.4 Å². The number of amides is 2. The van der Waals surface area contributed by atoms with Crippen molar-refractivity contribution in [3.8, 4) is 0 Å². The maximum atomic E-state index is 12.0. The highest BCUT2D eigenvalue weighted by Gasteiger charge is 2.34. The van der Waals surface area contributed by atoms with Crippen LogP contribution >= 0.6 is 0 Å². The fraction of sp³-hybridized carbons (Fsp3) is 0.385. The van der Waals surface area contributed by atoms with E-state index in [1.807, 2.05) is 25.1 Å².